The van der Waals surface area contributed by atoms with Crippen LogP contribution in [0.4, 0.5) is 0 Å². The first-order valence-electron chi connectivity index (χ1n) is 7.78. The van der Waals surface area contributed by atoms with Crippen molar-refractivity contribution in [1.82, 2.24) is 14.5 Å². The molecule has 0 radical (unpaired) electrons. The van der Waals surface area contributed by atoms with Crippen LogP contribution in [0.15, 0.2) is 46.3 Å². The largest absolute Gasteiger partial charge is 0.349 e. The molecule has 5 heteroatoms. The molecule has 0 aromatic carbocycles. The third kappa shape index (κ3) is 2.99. The van der Waals surface area contributed by atoms with Crippen LogP contribution >= 0.6 is 11.6 Å². The Morgan fingerprint density at radius 2 is 2.09 bits per heavy atom. The van der Waals surface area contributed by atoms with Gasteiger partial charge in [0, 0.05) is 22.7 Å². The molecule has 1 aliphatic rings. The summed E-state index contributed by atoms with van der Waals surface area (Å²) in [7, 11) is 0. The number of pyridine rings is 1. The van der Waals surface area contributed by atoms with Gasteiger partial charge in [0.15, 0.2) is 0 Å². The van der Waals surface area contributed by atoms with Crippen molar-refractivity contribution in [3.05, 3.63) is 63.3 Å². The third-order valence-electron chi connectivity index (χ3n) is 3.88. The van der Waals surface area contributed by atoms with Crippen molar-refractivity contribution in [1.29, 1.82) is 0 Å². The molecular formula is C18H18ClN3O. The monoisotopic (exact) mass is 327 g/mol. The Hall–Kier alpha value is -2.20. The van der Waals surface area contributed by atoms with E-state index in [2.05, 4.69) is 9.97 Å². The number of hydrogen-bond donors (Lipinski definition) is 0. The molecule has 0 saturated heterocycles. The standard InChI is InChI=1S/C18H18ClN3O/c1-3-14-9-10-15-16(12-7-5-6-8-13(19)11-12)21-18(23)22(4-2)17(15)20-14/h6-11H,3-5H2,1-2H3. The zero-order chi connectivity index (χ0) is 16.4. The first-order chi connectivity index (χ1) is 11.1. The minimum absolute atomic E-state index is 0.279. The predicted molar refractivity (Wildman–Crippen MR) is 94.5 cm³/mol. The van der Waals surface area contributed by atoms with Crippen LogP contribution in [0.25, 0.3) is 16.6 Å². The van der Waals surface area contributed by atoms with E-state index in [4.69, 9.17) is 11.6 Å². The number of halogens is 1. The van der Waals surface area contributed by atoms with Gasteiger partial charge in [-0.2, -0.15) is 4.98 Å². The normalized spacial score (nSPS) is 14.6. The quantitative estimate of drug-likeness (QED) is 0.860. The highest BCUT2D eigenvalue weighted by atomic mass is 35.5. The van der Waals surface area contributed by atoms with Gasteiger partial charge >= 0.3 is 5.69 Å². The highest BCUT2D eigenvalue weighted by Gasteiger charge is 2.14. The number of aromatic nitrogens is 3. The Bertz CT molecular complexity index is 906. The van der Waals surface area contributed by atoms with Crippen molar-refractivity contribution in [2.45, 2.75) is 33.2 Å². The van der Waals surface area contributed by atoms with Crippen molar-refractivity contribution in [2.24, 2.45) is 0 Å². The molecule has 2 heterocycles. The average Bonchev–Trinajstić information content (AvgIpc) is 2.78. The summed E-state index contributed by atoms with van der Waals surface area (Å²) in [6.45, 7) is 4.51. The van der Waals surface area contributed by atoms with E-state index in [0.717, 1.165) is 29.5 Å². The van der Waals surface area contributed by atoms with Gasteiger partial charge in [-0.3, -0.25) is 4.57 Å². The lowest BCUT2D eigenvalue weighted by Gasteiger charge is -2.12. The SMILES string of the molecule is CCc1ccc2c(C3=CCC=CC(Cl)=C3)nc(=O)n(CC)c2n1. The molecule has 3 rings (SSSR count). The van der Waals surface area contributed by atoms with E-state index in [9.17, 15) is 4.79 Å². The summed E-state index contributed by atoms with van der Waals surface area (Å²) in [5.74, 6) is 0. The summed E-state index contributed by atoms with van der Waals surface area (Å²) < 4.78 is 1.61. The fraction of sp³-hybridized carbons (Fsp3) is 0.278. The van der Waals surface area contributed by atoms with E-state index < -0.39 is 0 Å². The van der Waals surface area contributed by atoms with E-state index in [1.54, 1.807) is 4.57 Å². The van der Waals surface area contributed by atoms with Crippen LogP contribution < -0.4 is 5.69 Å². The molecule has 0 N–H and O–H groups in total. The molecule has 2 aromatic heterocycles. The van der Waals surface area contributed by atoms with Crippen molar-refractivity contribution < 1.29 is 0 Å². The van der Waals surface area contributed by atoms with Gasteiger partial charge in [0.1, 0.15) is 5.65 Å². The van der Waals surface area contributed by atoms with Crippen LogP contribution in [0.3, 0.4) is 0 Å². The molecule has 0 spiro atoms. The molecule has 0 bridgehead atoms. The zero-order valence-electron chi connectivity index (χ0n) is 13.2. The summed E-state index contributed by atoms with van der Waals surface area (Å²) in [5, 5.41) is 1.50. The van der Waals surface area contributed by atoms with Crippen LogP contribution in [0.1, 0.15) is 31.7 Å². The minimum atomic E-state index is -0.279. The van der Waals surface area contributed by atoms with Crippen molar-refractivity contribution in [3.8, 4) is 0 Å². The lowest BCUT2D eigenvalue weighted by molar-refractivity contribution is 0.718. The highest BCUT2D eigenvalue weighted by molar-refractivity contribution is 6.32. The molecule has 4 nitrogen and oxygen atoms in total. The van der Waals surface area contributed by atoms with Crippen molar-refractivity contribution in [2.75, 3.05) is 0 Å². The molecular weight excluding hydrogens is 310 g/mol. The zero-order valence-corrected chi connectivity index (χ0v) is 14.0. The molecule has 1 aliphatic carbocycles. The van der Waals surface area contributed by atoms with E-state index in [-0.39, 0.29) is 5.69 Å². The predicted octanol–water partition coefficient (Wildman–Crippen LogP) is 3.84. The maximum Gasteiger partial charge on any atom is 0.349 e. The number of nitrogens with zero attached hydrogens (tertiary/aromatic N) is 3. The van der Waals surface area contributed by atoms with Gasteiger partial charge in [0.05, 0.1) is 5.69 Å². The number of rotatable bonds is 3. The van der Waals surface area contributed by atoms with Crippen LogP contribution in [-0.4, -0.2) is 14.5 Å². The van der Waals surface area contributed by atoms with Gasteiger partial charge < -0.3 is 0 Å². The fourth-order valence-corrected chi connectivity index (χ4v) is 2.89. The highest BCUT2D eigenvalue weighted by Crippen LogP contribution is 2.26. The molecule has 0 amide bonds. The van der Waals surface area contributed by atoms with Gasteiger partial charge in [0.25, 0.3) is 0 Å². The molecule has 0 unspecified atom stereocenters. The third-order valence-corrected chi connectivity index (χ3v) is 4.11. The number of hydrogen-bond acceptors (Lipinski definition) is 3. The van der Waals surface area contributed by atoms with Gasteiger partial charge in [-0.25, -0.2) is 9.78 Å². The molecule has 0 aliphatic heterocycles. The Morgan fingerprint density at radius 1 is 1.26 bits per heavy atom. The van der Waals surface area contributed by atoms with Gasteiger partial charge in [-0.15, -0.1) is 0 Å². The average molecular weight is 328 g/mol. The lowest BCUT2D eigenvalue weighted by Crippen LogP contribution is -2.25. The second-order valence-electron chi connectivity index (χ2n) is 5.34. The second-order valence-corrected chi connectivity index (χ2v) is 5.78. The van der Waals surface area contributed by atoms with E-state index in [0.29, 0.717) is 22.9 Å². The smallest absolute Gasteiger partial charge is 0.276 e. The Morgan fingerprint density at radius 3 is 2.83 bits per heavy atom. The maximum absolute atomic E-state index is 12.4. The summed E-state index contributed by atoms with van der Waals surface area (Å²) in [4.78, 5) is 21.4. The summed E-state index contributed by atoms with van der Waals surface area (Å²) in [5.41, 5.74) is 2.87. The Balaban J connectivity index is 2.32. The van der Waals surface area contributed by atoms with E-state index >= 15 is 0 Å². The molecule has 2 aromatic rings. The molecule has 0 fully saturated rings. The molecule has 23 heavy (non-hydrogen) atoms. The Labute approximate surface area is 139 Å². The van der Waals surface area contributed by atoms with Crippen LogP contribution in [-0.2, 0) is 13.0 Å². The number of fused-ring (bicyclic) bond motifs is 1. The number of allylic oxidation sites excluding steroid dienone is 6. The van der Waals surface area contributed by atoms with Crippen LogP contribution in [0.2, 0.25) is 0 Å². The first kappa shape index (κ1) is 15.7. The van der Waals surface area contributed by atoms with Crippen molar-refractivity contribution in [3.63, 3.8) is 0 Å². The van der Waals surface area contributed by atoms with Crippen LogP contribution in [0.5, 0.6) is 0 Å². The van der Waals surface area contributed by atoms with Gasteiger partial charge in [-0.05, 0) is 49.6 Å². The number of aryl methyl sites for hydroxylation is 2. The molecule has 118 valence electrons. The summed E-state index contributed by atoms with van der Waals surface area (Å²) in [6, 6.07) is 3.98. The molecule has 0 atom stereocenters. The van der Waals surface area contributed by atoms with Gasteiger partial charge in [0.2, 0.25) is 0 Å². The van der Waals surface area contributed by atoms with E-state index in [1.165, 1.54) is 0 Å². The first-order valence-corrected chi connectivity index (χ1v) is 8.16. The topological polar surface area (TPSA) is 47.8 Å². The summed E-state index contributed by atoms with van der Waals surface area (Å²) in [6.07, 6.45) is 9.28. The fourth-order valence-electron chi connectivity index (χ4n) is 2.68. The van der Waals surface area contributed by atoms with Crippen LogP contribution in [0, 0.1) is 0 Å². The van der Waals surface area contributed by atoms with Gasteiger partial charge in [-0.1, -0.05) is 30.7 Å². The lowest BCUT2D eigenvalue weighted by atomic mass is 10.1. The maximum atomic E-state index is 12.4. The summed E-state index contributed by atoms with van der Waals surface area (Å²) >= 11 is 6.17. The second kappa shape index (κ2) is 6.50. The minimum Gasteiger partial charge on any atom is -0.276 e. The molecule has 0 saturated carbocycles. The van der Waals surface area contributed by atoms with Crippen molar-refractivity contribution >= 4 is 28.2 Å². The van der Waals surface area contributed by atoms with E-state index in [1.807, 2.05) is 50.3 Å². The Kier molecular flexibility index (Phi) is 4.44.